The van der Waals surface area contributed by atoms with Crippen LogP contribution in [0.4, 0.5) is 4.79 Å². The standard InChI is InChI=1S/C24H20N4O3S2.2ClH/c1-28-19-13-17(32-22-4-2-3-11-25-22)9-10-18(19)26-21(28)14-31-16-7-5-15(6-8-16)12-20-23(29)27-24(30)33-20;;/h2-11,13,20H,12,14H2,1H3,(H,27,29,30);2*1H. The number of aryl methyl sites for hydroxylation is 1. The number of nitrogens with zero attached hydrogens (tertiary/aromatic N) is 3. The Morgan fingerprint density at radius 3 is 2.57 bits per heavy atom. The molecule has 1 aliphatic heterocycles. The first-order chi connectivity index (χ1) is 16.0. The molecule has 1 atom stereocenters. The molecule has 5 rings (SSSR count). The number of pyridine rings is 1. The zero-order chi connectivity index (χ0) is 22.8. The third-order valence-electron chi connectivity index (χ3n) is 5.28. The minimum Gasteiger partial charge on any atom is -0.486 e. The lowest BCUT2D eigenvalue weighted by Gasteiger charge is -2.09. The average Bonchev–Trinajstić information content (AvgIpc) is 3.31. The van der Waals surface area contributed by atoms with Gasteiger partial charge in [-0.15, -0.1) is 24.8 Å². The predicted molar refractivity (Wildman–Crippen MR) is 143 cm³/mol. The van der Waals surface area contributed by atoms with Gasteiger partial charge in [-0.3, -0.25) is 14.9 Å². The summed E-state index contributed by atoms with van der Waals surface area (Å²) in [6, 6.07) is 19.6. The Morgan fingerprint density at radius 2 is 1.89 bits per heavy atom. The summed E-state index contributed by atoms with van der Waals surface area (Å²) >= 11 is 2.65. The first-order valence-corrected chi connectivity index (χ1v) is 12.0. The Morgan fingerprint density at radius 1 is 1.09 bits per heavy atom. The highest BCUT2D eigenvalue weighted by Gasteiger charge is 2.31. The van der Waals surface area contributed by atoms with Crippen molar-refractivity contribution in [3.05, 3.63) is 78.2 Å². The number of hydrogen-bond acceptors (Lipinski definition) is 7. The predicted octanol–water partition coefficient (Wildman–Crippen LogP) is 5.44. The quantitative estimate of drug-likeness (QED) is 0.329. The van der Waals surface area contributed by atoms with E-state index in [-0.39, 0.29) is 41.2 Å². The molecular formula is C24H22Cl2N4O3S2. The van der Waals surface area contributed by atoms with Gasteiger partial charge in [-0.2, -0.15) is 0 Å². The highest BCUT2D eigenvalue weighted by atomic mass is 35.5. The van der Waals surface area contributed by atoms with Gasteiger partial charge >= 0.3 is 0 Å². The third kappa shape index (κ3) is 6.29. The Balaban J connectivity index is 0.00000171. The van der Waals surface area contributed by atoms with Gasteiger partial charge in [-0.25, -0.2) is 9.97 Å². The van der Waals surface area contributed by atoms with Gasteiger partial charge in [0.1, 0.15) is 23.2 Å². The third-order valence-corrected chi connectivity index (χ3v) is 7.21. The van der Waals surface area contributed by atoms with E-state index < -0.39 is 0 Å². The van der Waals surface area contributed by atoms with Gasteiger partial charge in [0.15, 0.2) is 0 Å². The monoisotopic (exact) mass is 548 g/mol. The summed E-state index contributed by atoms with van der Waals surface area (Å²) in [5.74, 6) is 1.32. The Bertz CT molecular complexity index is 1330. The molecule has 0 spiro atoms. The van der Waals surface area contributed by atoms with Gasteiger partial charge in [0.25, 0.3) is 5.24 Å². The van der Waals surface area contributed by atoms with E-state index in [2.05, 4.69) is 22.4 Å². The lowest BCUT2D eigenvalue weighted by molar-refractivity contribution is -0.118. The lowest BCUT2D eigenvalue weighted by Crippen LogP contribution is -2.25. The molecule has 2 aromatic carbocycles. The van der Waals surface area contributed by atoms with E-state index in [1.54, 1.807) is 18.0 Å². The Kier molecular flexibility index (Phi) is 9.07. The molecule has 2 amide bonds. The molecule has 11 heteroatoms. The van der Waals surface area contributed by atoms with Gasteiger partial charge in [-0.1, -0.05) is 41.7 Å². The number of ether oxygens (including phenoxy) is 1. The first kappa shape index (κ1) is 26.9. The molecule has 182 valence electrons. The van der Waals surface area contributed by atoms with Crippen molar-refractivity contribution >= 4 is 70.5 Å². The fraction of sp³-hybridized carbons (Fsp3) is 0.167. The number of imidazole rings is 1. The van der Waals surface area contributed by atoms with Gasteiger partial charge in [0, 0.05) is 18.1 Å². The van der Waals surface area contributed by atoms with Crippen molar-refractivity contribution in [3.63, 3.8) is 0 Å². The average molecular weight is 550 g/mol. The number of hydrogen-bond donors (Lipinski definition) is 1. The number of halogens is 2. The zero-order valence-corrected chi connectivity index (χ0v) is 21.8. The summed E-state index contributed by atoms with van der Waals surface area (Å²) in [5, 5.41) is 2.61. The van der Waals surface area contributed by atoms with Crippen LogP contribution >= 0.6 is 48.3 Å². The summed E-state index contributed by atoms with van der Waals surface area (Å²) in [6.07, 6.45) is 2.30. The molecule has 1 aliphatic rings. The van der Waals surface area contributed by atoms with Crippen molar-refractivity contribution in [1.29, 1.82) is 0 Å². The van der Waals surface area contributed by atoms with Crippen LogP contribution in [-0.4, -0.2) is 30.9 Å². The van der Waals surface area contributed by atoms with Gasteiger partial charge in [0.2, 0.25) is 5.91 Å². The maximum atomic E-state index is 11.7. The van der Waals surface area contributed by atoms with Crippen LogP contribution < -0.4 is 10.1 Å². The van der Waals surface area contributed by atoms with Crippen molar-refractivity contribution in [3.8, 4) is 5.75 Å². The number of imide groups is 1. The molecule has 1 N–H and O–H groups in total. The lowest BCUT2D eigenvalue weighted by atomic mass is 10.1. The number of carbonyl (C=O) groups is 2. The number of amides is 2. The van der Waals surface area contributed by atoms with E-state index in [4.69, 9.17) is 9.72 Å². The summed E-state index contributed by atoms with van der Waals surface area (Å²) < 4.78 is 8.00. The Labute approximate surface area is 223 Å². The number of carbonyl (C=O) groups excluding carboxylic acids is 2. The second-order valence-corrected chi connectivity index (χ2v) is 9.80. The van der Waals surface area contributed by atoms with Crippen molar-refractivity contribution in [1.82, 2.24) is 19.9 Å². The number of rotatable bonds is 7. The molecule has 0 saturated carbocycles. The van der Waals surface area contributed by atoms with Crippen molar-refractivity contribution in [2.24, 2.45) is 7.05 Å². The van der Waals surface area contributed by atoms with Gasteiger partial charge in [0.05, 0.1) is 16.3 Å². The molecule has 7 nitrogen and oxygen atoms in total. The number of aromatic nitrogens is 3. The minimum absolute atomic E-state index is 0. The summed E-state index contributed by atoms with van der Waals surface area (Å²) in [5.41, 5.74) is 2.93. The molecule has 1 unspecified atom stereocenters. The van der Waals surface area contributed by atoms with Gasteiger partial charge in [-0.05, 0) is 54.4 Å². The van der Waals surface area contributed by atoms with Crippen LogP contribution in [0.25, 0.3) is 11.0 Å². The summed E-state index contributed by atoms with van der Waals surface area (Å²) in [4.78, 5) is 33.2. The first-order valence-electron chi connectivity index (χ1n) is 10.3. The number of nitrogens with one attached hydrogen (secondary N) is 1. The highest BCUT2D eigenvalue weighted by molar-refractivity contribution is 8.15. The second kappa shape index (κ2) is 11.8. The molecule has 1 saturated heterocycles. The maximum Gasteiger partial charge on any atom is 0.286 e. The van der Waals surface area contributed by atoms with Crippen molar-refractivity contribution in [2.45, 2.75) is 28.2 Å². The van der Waals surface area contributed by atoms with Crippen LogP contribution in [0, 0.1) is 0 Å². The van der Waals surface area contributed by atoms with Crippen LogP contribution in [0.2, 0.25) is 0 Å². The zero-order valence-electron chi connectivity index (χ0n) is 18.5. The van der Waals surface area contributed by atoms with E-state index in [0.29, 0.717) is 13.0 Å². The van der Waals surface area contributed by atoms with E-state index in [0.717, 1.165) is 49.9 Å². The molecule has 0 aliphatic carbocycles. The number of benzene rings is 2. The van der Waals surface area contributed by atoms with Crippen molar-refractivity contribution < 1.29 is 14.3 Å². The largest absolute Gasteiger partial charge is 0.486 e. The summed E-state index contributed by atoms with van der Waals surface area (Å²) in [6.45, 7) is 0.336. The van der Waals surface area contributed by atoms with E-state index in [1.165, 1.54) is 0 Å². The normalized spacial score (nSPS) is 14.8. The molecule has 4 aromatic rings. The van der Waals surface area contributed by atoms with E-state index in [9.17, 15) is 9.59 Å². The maximum absolute atomic E-state index is 11.7. The second-order valence-electron chi connectivity index (χ2n) is 7.53. The fourth-order valence-electron chi connectivity index (χ4n) is 3.55. The van der Waals surface area contributed by atoms with E-state index in [1.807, 2.05) is 60.1 Å². The smallest absolute Gasteiger partial charge is 0.286 e. The molecule has 0 bridgehead atoms. The molecule has 35 heavy (non-hydrogen) atoms. The summed E-state index contributed by atoms with van der Waals surface area (Å²) in [7, 11) is 1.98. The van der Waals surface area contributed by atoms with Crippen LogP contribution in [0.15, 0.2) is 76.8 Å². The van der Waals surface area contributed by atoms with Crippen LogP contribution in [0.1, 0.15) is 11.4 Å². The fourth-order valence-corrected chi connectivity index (χ4v) is 5.22. The highest BCUT2D eigenvalue weighted by Crippen LogP contribution is 2.29. The molecule has 1 fully saturated rings. The molecular weight excluding hydrogens is 527 g/mol. The van der Waals surface area contributed by atoms with Crippen LogP contribution in [-0.2, 0) is 24.9 Å². The number of fused-ring (bicyclic) bond motifs is 1. The molecule has 0 radical (unpaired) electrons. The minimum atomic E-state index is -0.370. The Hall–Kier alpha value is -2.72. The molecule has 3 heterocycles. The van der Waals surface area contributed by atoms with E-state index >= 15 is 0 Å². The van der Waals surface area contributed by atoms with Crippen LogP contribution in [0.5, 0.6) is 5.75 Å². The SMILES string of the molecule is Cl.Cl.Cn1c(COc2ccc(CC3SC(=O)NC3=O)cc2)nc2ccc(Sc3ccccn3)cc21. The van der Waals surface area contributed by atoms with Crippen molar-refractivity contribution in [2.75, 3.05) is 0 Å². The molecule has 2 aromatic heterocycles. The number of thioether (sulfide) groups is 1. The topological polar surface area (TPSA) is 86.1 Å². The van der Waals surface area contributed by atoms with Crippen LogP contribution in [0.3, 0.4) is 0 Å². The van der Waals surface area contributed by atoms with Gasteiger partial charge < -0.3 is 9.30 Å².